The minimum atomic E-state index is 0.325. The molecule has 18 heavy (non-hydrogen) atoms. The highest BCUT2D eigenvalue weighted by Gasteiger charge is 2.34. The number of thioether (sulfide) groups is 1. The molecule has 2 aliphatic heterocycles. The third kappa shape index (κ3) is 1.32. The summed E-state index contributed by atoms with van der Waals surface area (Å²) < 4.78 is 0. The van der Waals surface area contributed by atoms with Crippen LogP contribution in [0.5, 0.6) is 0 Å². The summed E-state index contributed by atoms with van der Waals surface area (Å²) in [7, 11) is 0. The second-order valence-electron chi connectivity index (χ2n) is 3.95. The lowest BCUT2D eigenvalue weighted by Crippen LogP contribution is -2.28. The topological polar surface area (TPSA) is 76.8 Å². The molecule has 0 bridgehead atoms. The van der Waals surface area contributed by atoms with E-state index in [4.69, 9.17) is 11.0 Å². The van der Waals surface area contributed by atoms with Crippen molar-refractivity contribution in [3.05, 3.63) is 46.3 Å². The second kappa shape index (κ2) is 3.83. The van der Waals surface area contributed by atoms with Crippen molar-refractivity contribution in [2.75, 3.05) is 4.90 Å². The van der Waals surface area contributed by atoms with Crippen LogP contribution in [0.25, 0.3) is 0 Å². The van der Waals surface area contributed by atoms with Gasteiger partial charge < -0.3 is 5.73 Å². The largest absolute Gasteiger partial charge is 0.384 e. The number of nitrogens with zero attached hydrogens (tertiary/aromatic N) is 3. The van der Waals surface area contributed by atoms with Crippen LogP contribution >= 0.6 is 11.8 Å². The van der Waals surface area contributed by atoms with Crippen LogP contribution in [0.1, 0.15) is 6.42 Å². The molecule has 0 aromatic heterocycles. The predicted molar refractivity (Wildman–Crippen MR) is 68.9 cm³/mol. The SMILES string of the molecule is N#CC1=C(N)N2C(=C(C#N)C1)Sc1ccccc12. The fourth-order valence-corrected chi connectivity index (χ4v) is 3.23. The summed E-state index contributed by atoms with van der Waals surface area (Å²) in [5.41, 5.74) is 8.02. The molecule has 86 valence electrons. The third-order valence-electron chi connectivity index (χ3n) is 2.95. The number of nitrogens with two attached hydrogens (primary N) is 1. The minimum Gasteiger partial charge on any atom is -0.384 e. The van der Waals surface area contributed by atoms with Crippen molar-refractivity contribution in [2.45, 2.75) is 11.3 Å². The number of anilines is 1. The minimum absolute atomic E-state index is 0.325. The summed E-state index contributed by atoms with van der Waals surface area (Å²) in [5, 5.41) is 19.1. The summed E-state index contributed by atoms with van der Waals surface area (Å²) in [6.07, 6.45) is 0.325. The molecule has 0 spiro atoms. The van der Waals surface area contributed by atoms with Crippen molar-refractivity contribution < 1.29 is 0 Å². The summed E-state index contributed by atoms with van der Waals surface area (Å²) in [4.78, 5) is 2.86. The lowest BCUT2D eigenvalue weighted by molar-refractivity contribution is 0.981. The zero-order chi connectivity index (χ0) is 12.7. The quantitative estimate of drug-likeness (QED) is 0.767. The molecule has 0 atom stereocenters. The Morgan fingerprint density at radius 1 is 1.17 bits per heavy atom. The smallest absolute Gasteiger partial charge is 0.123 e. The highest BCUT2D eigenvalue weighted by atomic mass is 32.2. The van der Waals surface area contributed by atoms with Gasteiger partial charge in [0.05, 0.1) is 29.0 Å². The van der Waals surface area contributed by atoms with Crippen molar-refractivity contribution in [3.8, 4) is 12.1 Å². The Morgan fingerprint density at radius 2 is 1.89 bits per heavy atom. The molecule has 3 rings (SSSR count). The summed E-state index contributed by atoms with van der Waals surface area (Å²) in [6.45, 7) is 0. The molecule has 4 nitrogen and oxygen atoms in total. The molecule has 0 saturated carbocycles. The van der Waals surface area contributed by atoms with Crippen LogP contribution < -0.4 is 10.6 Å². The number of para-hydroxylation sites is 1. The van der Waals surface area contributed by atoms with Crippen molar-refractivity contribution in [1.29, 1.82) is 10.5 Å². The molecule has 1 aromatic carbocycles. The molecule has 0 radical (unpaired) electrons. The molecule has 2 N–H and O–H groups in total. The van der Waals surface area contributed by atoms with E-state index in [0.717, 1.165) is 15.6 Å². The van der Waals surface area contributed by atoms with Crippen LogP contribution in [0.2, 0.25) is 0 Å². The zero-order valence-corrected chi connectivity index (χ0v) is 10.2. The van der Waals surface area contributed by atoms with E-state index >= 15 is 0 Å². The second-order valence-corrected chi connectivity index (χ2v) is 4.98. The average molecular weight is 252 g/mol. The Morgan fingerprint density at radius 3 is 2.61 bits per heavy atom. The van der Waals surface area contributed by atoms with E-state index in [1.165, 1.54) is 11.8 Å². The summed E-state index contributed by atoms with van der Waals surface area (Å²) in [6, 6.07) is 12.0. The highest BCUT2D eigenvalue weighted by Crippen LogP contribution is 2.50. The Balaban J connectivity index is 2.24. The Hall–Kier alpha value is -2.37. The number of allylic oxidation sites excluding steroid dienone is 2. The number of nitriles is 2. The van der Waals surface area contributed by atoms with Crippen LogP contribution in [-0.4, -0.2) is 0 Å². The van der Waals surface area contributed by atoms with Gasteiger partial charge in [0.15, 0.2) is 0 Å². The molecule has 2 heterocycles. The number of hydrogen-bond donors (Lipinski definition) is 1. The first-order valence-corrected chi connectivity index (χ1v) is 6.17. The van der Waals surface area contributed by atoms with Gasteiger partial charge in [-0.2, -0.15) is 10.5 Å². The maximum atomic E-state index is 9.20. The van der Waals surface area contributed by atoms with Crippen molar-refractivity contribution in [2.24, 2.45) is 5.73 Å². The first-order chi connectivity index (χ1) is 8.76. The van der Waals surface area contributed by atoms with Crippen LogP contribution in [0.4, 0.5) is 5.69 Å². The highest BCUT2D eigenvalue weighted by molar-refractivity contribution is 8.03. The van der Waals surface area contributed by atoms with Gasteiger partial charge in [-0.3, -0.25) is 4.90 Å². The lowest BCUT2D eigenvalue weighted by atomic mass is 10.0. The maximum Gasteiger partial charge on any atom is 0.123 e. The van der Waals surface area contributed by atoms with Gasteiger partial charge in [-0.1, -0.05) is 23.9 Å². The number of hydrogen-bond acceptors (Lipinski definition) is 5. The Bertz CT molecular complexity index is 688. The maximum absolute atomic E-state index is 9.20. The van der Waals surface area contributed by atoms with E-state index in [1.807, 2.05) is 24.3 Å². The normalized spacial score (nSPS) is 17.1. The molecule has 0 amide bonds. The molecule has 0 fully saturated rings. The molecule has 0 unspecified atom stereocenters. The zero-order valence-electron chi connectivity index (χ0n) is 9.34. The van der Waals surface area contributed by atoms with Gasteiger partial charge >= 0.3 is 0 Å². The predicted octanol–water partition coefficient (Wildman–Crippen LogP) is 2.43. The summed E-state index contributed by atoms with van der Waals surface area (Å²) >= 11 is 1.53. The lowest BCUT2D eigenvalue weighted by Gasteiger charge is -2.26. The van der Waals surface area contributed by atoms with Gasteiger partial charge in [0.1, 0.15) is 10.9 Å². The van der Waals surface area contributed by atoms with Gasteiger partial charge in [-0.05, 0) is 12.1 Å². The number of fused-ring (bicyclic) bond motifs is 3. The van der Waals surface area contributed by atoms with E-state index in [-0.39, 0.29) is 0 Å². The van der Waals surface area contributed by atoms with Gasteiger partial charge in [0, 0.05) is 11.3 Å². The van der Waals surface area contributed by atoms with E-state index < -0.39 is 0 Å². The monoisotopic (exact) mass is 252 g/mol. The first kappa shape index (κ1) is 10.8. The molecule has 0 aliphatic carbocycles. The molecule has 1 aromatic rings. The third-order valence-corrected chi connectivity index (χ3v) is 4.14. The van der Waals surface area contributed by atoms with Crippen LogP contribution in [0.15, 0.2) is 51.2 Å². The van der Waals surface area contributed by atoms with Crippen LogP contribution in [0, 0.1) is 22.7 Å². The first-order valence-electron chi connectivity index (χ1n) is 5.35. The number of rotatable bonds is 0. The molecule has 0 saturated heterocycles. The molecular weight excluding hydrogens is 244 g/mol. The summed E-state index contributed by atoms with van der Waals surface area (Å²) in [5.74, 6) is 0.434. The van der Waals surface area contributed by atoms with E-state index in [0.29, 0.717) is 23.4 Å². The van der Waals surface area contributed by atoms with Crippen molar-refractivity contribution in [1.82, 2.24) is 0 Å². The van der Waals surface area contributed by atoms with Gasteiger partial charge in [0.25, 0.3) is 0 Å². The van der Waals surface area contributed by atoms with E-state index in [9.17, 15) is 5.26 Å². The van der Waals surface area contributed by atoms with Crippen LogP contribution in [-0.2, 0) is 0 Å². The van der Waals surface area contributed by atoms with Gasteiger partial charge in [-0.15, -0.1) is 0 Å². The van der Waals surface area contributed by atoms with Gasteiger partial charge in [-0.25, -0.2) is 0 Å². The molecular formula is C13H8N4S. The standard InChI is InChI=1S/C13H8N4S/c14-6-8-5-9(7-15)13-17(12(8)16)10-3-1-2-4-11(10)18-13/h1-4H,5,16H2. The van der Waals surface area contributed by atoms with Crippen LogP contribution in [0.3, 0.4) is 0 Å². The van der Waals surface area contributed by atoms with Crippen molar-refractivity contribution in [3.63, 3.8) is 0 Å². The molecule has 5 heteroatoms. The number of benzene rings is 1. The molecule has 2 aliphatic rings. The van der Waals surface area contributed by atoms with E-state index in [1.54, 1.807) is 4.90 Å². The Labute approximate surface area is 109 Å². The fraction of sp³-hybridized carbons (Fsp3) is 0.0769. The average Bonchev–Trinajstić information content (AvgIpc) is 2.79. The Kier molecular flexibility index (Phi) is 2.29. The van der Waals surface area contributed by atoms with Gasteiger partial charge in [0.2, 0.25) is 0 Å². The van der Waals surface area contributed by atoms with E-state index in [2.05, 4.69) is 12.1 Å². The van der Waals surface area contributed by atoms with Crippen molar-refractivity contribution >= 4 is 17.4 Å². The fourth-order valence-electron chi connectivity index (χ4n) is 2.09.